The maximum Gasteiger partial charge on any atom is 0.416 e. The Kier molecular flexibility index (Phi) is 10.6. The van der Waals surface area contributed by atoms with E-state index >= 15 is 0 Å². The Labute approximate surface area is 251 Å². The first-order chi connectivity index (χ1) is 20.8. The Morgan fingerprint density at radius 3 is 1.75 bits per heavy atom. The van der Waals surface area contributed by atoms with Crippen molar-refractivity contribution in [3.63, 3.8) is 0 Å². The molecule has 1 aliphatic rings. The molecular weight excluding hydrogens is 590 g/mol. The summed E-state index contributed by atoms with van der Waals surface area (Å²) in [6.07, 6.45) is -8.61. The van der Waals surface area contributed by atoms with Crippen LogP contribution >= 0.6 is 0 Å². The summed E-state index contributed by atoms with van der Waals surface area (Å²) in [5.41, 5.74) is -0.430. The maximum absolute atomic E-state index is 13.2. The number of nitrogens with zero attached hydrogens (tertiary/aromatic N) is 1. The van der Waals surface area contributed by atoms with Crippen molar-refractivity contribution in [1.82, 2.24) is 10.2 Å². The standard InChI is InChI=1S/C32H32F6N2O4/c1-43-26-14-8-23(9-15-26)30(44-29(42)19-22-6-12-25(13-7-22)32(36,37)38)27(20-40-16-2-3-17-40)39-28(41)18-21-4-10-24(11-5-21)31(33,34)35/h4-15,27,30H,2-3,16-20H2,1H3,(H,39,41)/t27-,30-/m1/s1. The molecule has 0 bridgehead atoms. The zero-order chi connectivity index (χ0) is 31.9. The van der Waals surface area contributed by atoms with Crippen LogP contribution in [-0.4, -0.2) is 49.6 Å². The lowest BCUT2D eigenvalue weighted by molar-refractivity contribution is -0.151. The number of ether oxygens (including phenoxy) is 2. The molecule has 1 aliphatic heterocycles. The van der Waals surface area contributed by atoms with Gasteiger partial charge in [0, 0.05) is 6.54 Å². The highest BCUT2D eigenvalue weighted by atomic mass is 19.4. The number of carbonyl (C=O) groups excluding carboxylic acids is 2. The van der Waals surface area contributed by atoms with E-state index in [1.807, 2.05) is 0 Å². The van der Waals surface area contributed by atoms with Crippen LogP contribution in [0.5, 0.6) is 5.75 Å². The van der Waals surface area contributed by atoms with Crippen LogP contribution in [-0.2, 0) is 39.5 Å². The maximum atomic E-state index is 13.2. The third-order valence-electron chi connectivity index (χ3n) is 7.34. The second-order valence-electron chi connectivity index (χ2n) is 10.6. The number of rotatable bonds is 11. The second-order valence-corrected chi connectivity index (χ2v) is 10.6. The molecule has 1 amide bonds. The van der Waals surface area contributed by atoms with Gasteiger partial charge < -0.3 is 19.7 Å². The smallest absolute Gasteiger partial charge is 0.416 e. The van der Waals surface area contributed by atoms with Crippen LogP contribution in [0, 0.1) is 0 Å². The SMILES string of the molecule is COc1ccc([C@@H](OC(=O)Cc2ccc(C(F)(F)F)cc2)[C@@H](CN2CCCC2)NC(=O)Cc2ccc(C(F)(F)F)cc2)cc1. The number of nitrogens with one attached hydrogen (secondary N) is 1. The molecule has 236 valence electrons. The third kappa shape index (κ3) is 9.22. The van der Waals surface area contributed by atoms with E-state index in [-0.39, 0.29) is 12.8 Å². The number of hydrogen-bond acceptors (Lipinski definition) is 5. The summed E-state index contributed by atoms with van der Waals surface area (Å²) in [6.45, 7) is 1.85. The number of methoxy groups -OCH3 is 1. The number of alkyl halides is 6. The van der Waals surface area contributed by atoms with Crippen LogP contribution in [0.4, 0.5) is 26.3 Å². The minimum Gasteiger partial charge on any atom is -0.497 e. The molecule has 0 radical (unpaired) electrons. The molecule has 6 nitrogen and oxygen atoms in total. The van der Waals surface area contributed by atoms with Crippen molar-refractivity contribution in [2.45, 2.75) is 50.2 Å². The fourth-order valence-corrected chi connectivity index (χ4v) is 5.05. The highest BCUT2D eigenvalue weighted by molar-refractivity contribution is 5.79. The first-order valence-corrected chi connectivity index (χ1v) is 14.0. The first-order valence-electron chi connectivity index (χ1n) is 14.0. The van der Waals surface area contributed by atoms with Gasteiger partial charge in [0.05, 0.1) is 37.1 Å². The monoisotopic (exact) mass is 622 g/mol. The summed E-state index contributed by atoms with van der Waals surface area (Å²) >= 11 is 0. The van der Waals surface area contributed by atoms with E-state index in [9.17, 15) is 35.9 Å². The number of halogens is 6. The molecule has 0 unspecified atom stereocenters. The van der Waals surface area contributed by atoms with Crippen molar-refractivity contribution in [2.75, 3.05) is 26.7 Å². The number of esters is 1. The van der Waals surface area contributed by atoms with E-state index in [1.54, 1.807) is 24.3 Å². The molecule has 3 aromatic carbocycles. The molecule has 0 aliphatic carbocycles. The molecule has 2 atom stereocenters. The molecule has 3 aromatic rings. The topological polar surface area (TPSA) is 67.9 Å². The molecule has 4 rings (SSSR count). The summed E-state index contributed by atoms with van der Waals surface area (Å²) in [7, 11) is 1.49. The van der Waals surface area contributed by atoms with Gasteiger partial charge in [-0.05, 0) is 79.0 Å². The number of benzene rings is 3. The van der Waals surface area contributed by atoms with Gasteiger partial charge in [0.2, 0.25) is 5.91 Å². The highest BCUT2D eigenvalue weighted by Gasteiger charge is 2.33. The molecule has 1 N–H and O–H groups in total. The quantitative estimate of drug-likeness (QED) is 0.199. The molecule has 44 heavy (non-hydrogen) atoms. The second kappa shape index (κ2) is 14.1. The minimum atomic E-state index is -4.51. The lowest BCUT2D eigenvalue weighted by Crippen LogP contribution is -2.48. The summed E-state index contributed by atoms with van der Waals surface area (Å²) in [6, 6.07) is 14.5. The van der Waals surface area contributed by atoms with Crippen molar-refractivity contribution in [1.29, 1.82) is 0 Å². The van der Waals surface area contributed by atoms with Crippen LogP contribution in [0.3, 0.4) is 0 Å². The van der Waals surface area contributed by atoms with Gasteiger partial charge in [0.25, 0.3) is 0 Å². The Morgan fingerprint density at radius 2 is 1.27 bits per heavy atom. The van der Waals surface area contributed by atoms with Crippen molar-refractivity contribution in [3.8, 4) is 5.75 Å². The van der Waals surface area contributed by atoms with Crippen molar-refractivity contribution < 1.29 is 45.4 Å². The summed E-state index contributed by atoms with van der Waals surface area (Å²) < 4.78 is 89.0. The third-order valence-corrected chi connectivity index (χ3v) is 7.34. The number of likely N-dealkylation sites (tertiary alicyclic amines) is 1. The summed E-state index contributed by atoms with van der Waals surface area (Å²) in [5.74, 6) is -0.647. The molecule has 1 fully saturated rings. The van der Waals surface area contributed by atoms with Gasteiger partial charge in [-0.15, -0.1) is 0 Å². The number of amides is 1. The zero-order valence-electron chi connectivity index (χ0n) is 23.9. The molecule has 1 saturated heterocycles. The van der Waals surface area contributed by atoms with Gasteiger partial charge in [-0.1, -0.05) is 36.4 Å². The molecular formula is C32H32F6N2O4. The predicted molar refractivity (Wildman–Crippen MR) is 150 cm³/mol. The number of hydrogen-bond donors (Lipinski definition) is 1. The fourth-order valence-electron chi connectivity index (χ4n) is 5.05. The van der Waals surface area contributed by atoms with Crippen LogP contribution in [0.1, 0.15) is 46.8 Å². The fraction of sp³-hybridized carbons (Fsp3) is 0.375. The first kappa shape index (κ1) is 32.8. The Balaban J connectivity index is 1.56. The van der Waals surface area contributed by atoms with Crippen LogP contribution in [0.2, 0.25) is 0 Å². The molecule has 0 aromatic heterocycles. The van der Waals surface area contributed by atoms with Gasteiger partial charge in [0.15, 0.2) is 0 Å². The lowest BCUT2D eigenvalue weighted by Gasteiger charge is -2.31. The van der Waals surface area contributed by atoms with Crippen LogP contribution in [0.15, 0.2) is 72.8 Å². The van der Waals surface area contributed by atoms with Crippen molar-refractivity contribution in [3.05, 3.63) is 101 Å². The van der Waals surface area contributed by atoms with Gasteiger partial charge in [0.1, 0.15) is 11.9 Å². The lowest BCUT2D eigenvalue weighted by atomic mass is 10.00. The zero-order valence-corrected chi connectivity index (χ0v) is 23.9. The van der Waals surface area contributed by atoms with Crippen LogP contribution < -0.4 is 10.1 Å². The van der Waals surface area contributed by atoms with Crippen LogP contribution in [0.25, 0.3) is 0 Å². The predicted octanol–water partition coefficient (Wildman–Crippen LogP) is 6.38. The summed E-state index contributed by atoms with van der Waals surface area (Å²) in [4.78, 5) is 28.5. The molecule has 12 heteroatoms. The van der Waals surface area contributed by atoms with E-state index in [4.69, 9.17) is 9.47 Å². The Morgan fingerprint density at radius 1 is 0.773 bits per heavy atom. The van der Waals surface area contributed by atoms with Gasteiger partial charge in [-0.3, -0.25) is 9.59 Å². The van der Waals surface area contributed by atoms with Crippen molar-refractivity contribution >= 4 is 11.9 Å². The van der Waals surface area contributed by atoms with E-state index in [2.05, 4.69) is 10.2 Å². The molecule has 1 heterocycles. The largest absolute Gasteiger partial charge is 0.497 e. The van der Waals surface area contributed by atoms with E-state index in [0.29, 0.717) is 29.0 Å². The minimum absolute atomic E-state index is 0.205. The average Bonchev–Trinajstić information content (AvgIpc) is 3.48. The number of carbonyl (C=O) groups is 2. The van der Waals surface area contributed by atoms with Gasteiger partial charge in [-0.2, -0.15) is 26.3 Å². The van der Waals surface area contributed by atoms with Gasteiger partial charge in [-0.25, -0.2) is 0 Å². The average molecular weight is 623 g/mol. The summed E-state index contributed by atoms with van der Waals surface area (Å²) in [5, 5.41) is 2.92. The normalized spacial score (nSPS) is 15.4. The molecule has 0 saturated carbocycles. The Bertz CT molecular complexity index is 1380. The highest BCUT2D eigenvalue weighted by Crippen LogP contribution is 2.31. The van der Waals surface area contributed by atoms with Gasteiger partial charge >= 0.3 is 18.3 Å². The van der Waals surface area contributed by atoms with E-state index < -0.39 is 47.5 Å². The van der Waals surface area contributed by atoms with E-state index in [0.717, 1.165) is 50.2 Å². The van der Waals surface area contributed by atoms with E-state index in [1.165, 1.54) is 31.4 Å². The Hall–Kier alpha value is -4.06. The molecule has 0 spiro atoms. The van der Waals surface area contributed by atoms with Crippen molar-refractivity contribution in [2.24, 2.45) is 0 Å².